The minimum Gasteiger partial charge on any atom is -0.463 e. The van der Waals surface area contributed by atoms with Crippen LogP contribution in [-0.2, 0) is 22.6 Å². The number of hydrogen-bond acceptors (Lipinski definition) is 4. The summed E-state index contributed by atoms with van der Waals surface area (Å²) in [5.41, 5.74) is 4.15. The molecule has 0 radical (unpaired) electrons. The fraction of sp³-hybridized carbons (Fsp3) is 0.318. The smallest absolute Gasteiger partial charge is 0.337 e. The number of nitrogens with one attached hydrogen (secondary N) is 1. The Balaban J connectivity index is 1.75. The lowest BCUT2D eigenvalue weighted by Crippen LogP contribution is -2.31. The predicted octanol–water partition coefficient (Wildman–Crippen LogP) is 3.50. The molecule has 1 unspecified atom stereocenters. The highest BCUT2D eigenvalue weighted by Crippen LogP contribution is 2.26. The molecule has 26 heavy (non-hydrogen) atoms. The second-order valence-corrected chi connectivity index (χ2v) is 6.52. The van der Waals surface area contributed by atoms with Crippen LogP contribution in [0.3, 0.4) is 0 Å². The molecule has 1 aliphatic rings. The molecule has 1 aliphatic heterocycles. The van der Waals surface area contributed by atoms with E-state index in [0.29, 0.717) is 13.2 Å². The number of carbonyl (C=O) groups excluding carboxylic acids is 1. The van der Waals surface area contributed by atoms with Gasteiger partial charge in [-0.3, -0.25) is 4.90 Å². The molecule has 0 amide bonds. The summed E-state index contributed by atoms with van der Waals surface area (Å²) in [4.78, 5) is 14.8. The maximum atomic E-state index is 12.5. The Hall–Kier alpha value is -2.59. The van der Waals surface area contributed by atoms with Crippen molar-refractivity contribution in [3.8, 4) is 0 Å². The molecule has 1 heterocycles. The molecule has 0 bridgehead atoms. The van der Waals surface area contributed by atoms with Crippen LogP contribution in [0.2, 0.25) is 0 Å². The van der Waals surface area contributed by atoms with Crippen LogP contribution < -0.4 is 5.32 Å². The highest BCUT2D eigenvalue weighted by Gasteiger charge is 2.34. The maximum Gasteiger partial charge on any atom is 0.337 e. The fourth-order valence-electron chi connectivity index (χ4n) is 3.33. The zero-order chi connectivity index (χ0) is 18.4. The van der Waals surface area contributed by atoms with Crippen LogP contribution >= 0.6 is 0 Å². The first-order valence-corrected chi connectivity index (χ1v) is 9.15. The second-order valence-electron chi connectivity index (χ2n) is 6.52. The van der Waals surface area contributed by atoms with Gasteiger partial charge in [0.05, 0.1) is 12.2 Å². The van der Waals surface area contributed by atoms with Crippen LogP contribution in [0.15, 0.2) is 71.9 Å². The van der Waals surface area contributed by atoms with E-state index in [1.807, 2.05) is 43.3 Å². The largest absolute Gasteiger partial charge is 0.463 e. The van der Waals surface area contributed by atoms with E-state index in [-0.39, 0.29) is 12.0 Å². The topological polar surface area (TPSA) is 41.6 Å². The molecular weight excluding hydrogens is 324 g/mol. The van der Waals surface area contributed by atoms with Crippen molar-refractivity contribution < 1.29 is 9.53 Å². The molecule has 4 nitrogen and oxygen atoms in total. The van der Waals surface area contributed by atoms with Crippen molar-refractivity contribution in [1.82, 2.24) is 10.2 Å². The lowest BCUT2D eigenvalue weighted by atomic mass is 10.1. The van der Waals surface area contributed by atoms with Gasteiger partial charge in [0, 0.05) is 31.4 Å². The van der Waals surface area contributed by atoms with Gasteiger partial charge in [-0.2, -0.15) is 0 Å². The third kappa shape index (κ3) is 4.33. The number of benzene rings is 2. The summed E-state index contributed by atoms with van der Waals surface area (Å²) in [7, 11) is 0. The molecular formula is C22H26N2O2. The molecule has 2 aromatic carbocycles. The fourth-order valence-corrected chi connectivity index (χ4v) is 3.33. The molecule has 0 aromatic heterocycles. The first kappa shape index (κ1) is 18.2. The lowest BCUT2D eigenvalue weighted by Gasteiger charge is -2.22. The van der Waals surface area contributed by atoms with Crippen LogP contribution in [0.4, 0.5) is 0 Å². The van der Waals surface area contributed by atoms with Crippen molar-refractivity contribution in [2.45, 2.75) is 33.0 Å². The van der Waals surface area contributed by atoms with Crippen LogP contribution in [0.25, 0.3) is 0 Å². The zero-order valence-electron chi connectivity index (χ0n) is 15.4. The molecule has 1 N–H and O–H groups in total. The molecule has 0 aliphatic carbocycles. The minimum absolute atomic E-state index is 0.0209. The maximum absolute atomic E-state index is 12.5. The van der Waals surface area contributed by atoms with Crippen molar-refractivity contribution in [2.75, 3.05) is 13.2 Å². The quantitative estimate of drug-likeness (QED) is 0.776. The second kappa shape index (κ2) is 8.68. The van der Waals surface area contributed by atoms with Gasteiger partial charge in [-0.05, 0) is 25.0 Å². The van der Waals surface area contributed by atoms with Gasteiger partial charge in [0.15, 0.2) is 0 Å². The molecule has 136 valence electrons. The van der Waals surface area contributed by atoms with Gasteiger partial charge >= 0.3 is 5.97 Å². The van der Waals surface area contributed by atoms with E-state index in [0.717, 1.165) is 24.4 Å². The Morgan fingerprint density at radius 1 is 1.08 bits per heavy atom. The third-order valence-corrected chi connectivity index (χ3v) is 4.72. The van der Waals surface area contributed by atoms with Crippen LogP contribution in [0.1, 0.15) is 25.0 Å². The van der Waals surface area contributed by atoms with Crippen molar-refractivity contribution in [3.05, 3.63) is 83.1 Å². The number of hydrogen-bond donors (Lipinski definition) is 1. The molecule has 1 atom stereocenters. The highest BCUT2D eigenvalue weighted by atomic mass is 16.5. The van der Waals surface area contributed by atoms with Gasteiger partial charge in [-0.15, -0.1) is 0 Å². The zero-order valence-corrected chi connectivity index (χ0v) is 15.4. The molecule has 0 saturated heterocycles. The van der Waals surface area contributed by atoms with Crippen molar-refractivity contribution in [1.29, 1.82) is 0 Å². The van der Waals surface area contributed by atoms with E-state index in [4.69, 9.17) is 4.74 Å². The number of esters is 1. The van der Waals surface area contributed by atoms with Gasteiger partial charge in [0.25, 0.3) is 0 Å². The first-order chi connectivity index (χ1) is 12.7. The van der Waals surface area contributed by atoms with E-state index in [9.17, 15) is 4.79 Å². The standard InChI is InChI=1S/C22H26N2O2/c1-3-26-22(25)21-17(2)24(15-19-12-8-5-9-13-19)16-20(21)23-14-18-10-6-4-7-11-18/h4-13,17,23H,3,14-16H2,1-2H3. The predicted molar refractivity (Wildman–Crippen MR) is 103 cm³/mol. The monoisotopic (exact) mass is 350 g/mol. The molecule has 0 fully saturated rings. The van der Waals surface area contributed by atoms with Crippen molar-refractivity contribution in [2.24, 2.45) is 0 Å². The van der Waals surface area contributed by atoms with Crippen LogP contribution in [-0.4, -0.2) is 30.1 Å². The van der Waals surface area contributed by atoms with Crippen molar-refractivity contribution >= 4 is 5.97 Å². The third-order valence-electron chi connectivity index (χ3n) is 4.72. The summed E-state index contributed by atoms with van der Waals surface area (Å²) in [6, 6.07) is 20.6. The van der Waals surface area contributed by atoms with Crippen LogP contribution in [0, 0.1) is 0 Å². The summed E-state index contributed by atoms with van der Waals surface area (Å²) in [6.45, 7) is 6.53. The summed E-state index contributed by atoms with van der Waals surface area (Å²) in [6.07, 6.45) is 0. The number of carbonyl (C=O) groups is 1. The van der Waals surface area contributed by atoms with Gasteiger partial charge in [-0.25, -0.2) is 4.79 Å². The van der Waals surface area contributed by atoms with E-state index in [1.54, 1.807) is 0 Å². The van der Waals surface area contributed by atoms with Gasteiger partial charge < -0.3 is 10.1 Å². The SMILES string of the molecule is CCOC(=O)C1=C(NCc2ccccc2)CN(Cc2ccccc2)C1C. The van der Waals surface area contributed by atoms with E-state index in [1.165, 1.54) is 11.1 Å². The average molecular weight is 350 g/mol. The summed E-state index contributed by atoms with van der Waals surface area (Å²) in [5, 5.41) is 3.47. The number of nitrogens with zero attached hydrogens (tertiary/aromatic N) is 1. The Labute approximate surface area is 155 Å². The molecule has 3 rings (SSSR count). The van der Waals surface area contributed by atoms with E-state index < -0.39 is 0 Å². The first-order valence-electron chi connectivity index (χ1n) is 9.15. The Kier molecular flexibility index (Phi) is 6.08. The van der Waals surface area contributed by atoms with E-state index in [2.05, 4.69) is 41.4 Å². The minimum atomic E-state index is -0.217. The average Bonchev–Trinajstić information content (AvgIpc) is 2.97. The summed E-state index contributed by atoms with van der Waals surface area (Å²) in [5.74, 6) is -0.217. The molecule has 0 saturated carbocycles. The highest BCUT2D eigenvalue weighted by molar-refractivity contribution is 5.91. The molecule has 0 spiro atoms. The number of rotatable bonds is 7. The van der Waals surface area contributed by atoms with Crippen molar-refractivity contribution in [3.63, 3.8) is 0 Å². The van der Waals surface area contributed by atoms with Crippen LogP contribution in [0.5, 0.6) is 0 Å². The van der Waals surface area contributed by atoms with Gasteiger partial charge in [-0.1, -0.05) is 60.7 Å². The summed E-state index contributed by atoms with van der Waals surface area (Å²) >= 11 is 0. The number of ether oxygens (including phenoxy) is 1. The Morgan fingerprint density at radius 2 is 1.69 bits per heavy atom. The molecule has 2 aromatic rings. The van der Waals surface area contributed by atoms with E-state index >= 15 is 0 Å². The Bertz CT molecular complexity index is 756. The molecule has 4 heteroatoms. The normalized spacial score (nSPS) is 17.4. The summed E-state index contributed by atoms with van der Waals surface area (Å²) < 4.78 is 5.31. The lowest BCUT2D eigenvalue weighted by molar-refractivity contribution is -0.139. The van der Waals surface area contributed by atoms with Gasteiger partial charge in [0.2, 0.25) is 0 Å². The Morgan fingerprint density at radius 3 is 2.31 bits per heavy atom. The van der Waals surface area contributed by atoms with Gasteiger partial charge in [0.1, 0.15) is 0 Å².